The standard InChI is InChI=1S/C11H8F3N5O4S/c1-23-7-3-6(19(21)22)2-5(8(7)20)4-15-18-9(11(12,13)14)16-17-10(18)24/h2-4,20H,1H3,(H,17,24)/b15-4-. The van der Waals surface area contributed by atoms with Crippen molar-refractivity contribution < 1.29 is 27.9 Å². The zero-order chi connectivity index (χ0) is 18.1. The molecule has 1 aromatic heterocycles. The second kappa shape index (κ2) is 6.27. The number of aromatic nitrogens is 3. The first-order valence-corrected chi connectivity index (χ1v) is 6.40. The van der Waals surface area contributed by atoms with Crippen LogP contribution < -0.4 is 4.74 Å². The number of nitrogens with one attached hydrogen (secondary N) is 1. The van der Waals surface area contributed by atoms with Crippen LogP contribution in [-0.2, 0) is 6.18 Å². The highest BCUT2D eigenvalue weighted by molar-refractivity contribution is 7.71. The van der Waals surface area contributed by atoms with Crippen LogP contribution in [0, 0.1) is 14.9 Å². The lowest BCUT2D eigenvalue weighted by molar-refractivity contribution is -0.385. The lowest BCUT2D eigenvalue weighted by Gasteiger charge is -2.07. The molecular formula is C11H8F3N5O4S. The summed E-state index contributed by atoms with van der Waals surface area (Å²) < 4.78 is 42.9. The van der Waals surface area contributed by atoms with Crippen LogP contribution in [0.15, 0.2) is 17.2 Å². The predicted octanol–water partition coefficient (Wildman–Crippen LogP) is 2.46. The number of rotatable bonds is 4. The zero-order valence-electron chi connectivity index (χ0n) is 11.7. The molecular weight excluding hydrogens is 355 g/mol. The van der Waals surface area contributed by atoms with Crippen LogP contribution >= 0.6 is 12.2 Å². The van der Waals surface area contributed by atoms with Crippen LogP contribution in [-0.4, -0.2) is 38.2 Å². The van der Waals surface area contributed by atoms with Crippen molar-refractivity contribution >= 4 is 24.1 Å². The number of nitrogens with zero attached hydrogens (tertiary/aromatic N) is 4. The molecule has 2 rings (SSSR count). The van der Waals surface area contributed by atoms with Crippen LogP contribution in [0.2, 0.25) is 0 Å². The van der Waals surface area contributed by atoms with Crippen molar-refractivity contribution in [3.8, 4) is 11.5 Å². The SMILES string of the molecule is COc1cc([N+](=O)[O-])cc(/C=N\n2c(C(F)(F)F)n[nH]c2=S)c1O. The van der Waals surface area contributed by atoms with Gasteiger partial charge in [-0.1, -0.05) is 0 Å². The van der Waals surface area contributed by atoms with Crippen molar-refractivity contribution in [1.29, 1.82) is 0 Å². The van der Waals surface area contributed by atoms with Gasteiger partial charge in [0.05, 0.1) is 24.3 Å². The third-order valence-electron chi connectivity index (χ3n) is 2.74. The van der Waals surface area contributed by atoms with Crippen molar-refractivity contribution in [3.05, 3.63) is 38.4 Å². The largest absolute Gasteiger partial charge is 0.504 e. The fourth-order valence-electron chi connectivity index (χ4n) is 1.68. The number of phenols is 1. The number of halogens is 3. The van der Waals surface area contributed by atoms with Crippen LogP contribution in [0.5, 0.6) is 11.5 Å². The van der Waals surface area contributed by atoms with E-state index in [0.717, 1.165) is 25.5 Å². The maximum Gasteiger partial charge on any atom is 0.453 e. The molecule has 0 amide bonds. The number of H-pyrrole nitrogens is 1. The normalized spacial score (nSPS) is 11.8. The molecule has 0 aliphatic rings. The molecule has 2 aromatic rings. The molecule has 2 N–H and O–H groups in total. The Morgan fingerprint density at radius 3 is 2.75 bits per heavy atom. The van der Waals surface area contributed by atoms with Gasteiger partial charge >= 0.3 is 6.18 Å². The van der Waals surface area contributed by atoms with Crippen molar-refractivity contribution in [1.82, 2.24) is 14.9 Å². The summed E-state index contributed by atoms with van der Waals surface area (Å²) in [4.78, 5) is 10.1. The van der Waals surface area contributed by atoms with E-state index in [1.165, 1.54) is 0 Å². The molecule has 0 fully saturated rings. The van der Waals surface area contributed by atoms with Crippen molar-refractivity contribution in [2.45, 2.75) is 6.18 Å². The third kappa shape index (κ3) is 3.34. The smallest absolute Gasteiger partial charge is 0.453 e. The number of non-ortho nitro benzene ring substituents is 1. The number of phenolic OH excluding ortho intramolecular Hbond substituents is 1. The molecule has 0 radical (unpaired) electrons. The van der Waals surface area contributed by atoms with Gasteiger partial charge in [-0.3, -0.25) is 10.1 Å². The Kier molecular flexibility index (Phi) is 4.54. The molecule has 0 atom stereocenters. The Hall–Kier alpha value is -2.96. The lowest BCUT2D eigenvalue weighted by Crippen LogP contribution is -2.12. The van der Waals surface area contributed by atoms with Crippen LogP contribution in [0.3, 0.4) is 0 Å². The van der Waals surface area contributed by atoms with Crippen LogP contribution in [0.25, 0.3) is 0 Å². The summed E-state index contributed by atoms with van der Waals surface area (Å²) >= 11 is 4.64. The van der Waals surface area contributed by atoms with Gasteiger partial charge in [-0.2, -0.15) is 22.9 Å². The number of methoxy groups -OCH3 is 1. The average Bonchev–Trinajstić information content (AvgIpc) is 2.87. The van der Waals surface area contributed by atoms with Gasteiger partial charge in [0.1, 0.15) is 0 Å². The summed E-state index contributed by atoms with van der Waals surface area (Å²) in [6.07, 6.45) is -4.06. The van der Waals surface area contributed by atoms with E-state index in [2.05, 4.69) is 22.4 Å². The Labute approximate surface area is 136 Å². The number of ether oxygens (including phenoxy) is 1. The fourth-order valence-corrected chi connectivity index (χ4v) is 1.86. The fraction of sp³-hybridized carbons (Fsp3) is 0.182. The van der Waals surface area contributed by atoms with E-state index in [-0.39, 0.29) is 16.0 Å². The monoisotopic (exact) mass is 363 g/mol. The molecule has 0 saturated carbocycles. The average molecular weight is 363 g/mol. The third-order valence-corrected chi connectivity index (χ3v) is 3.00. The lowest BCUT2D eigenvalue weighted by atomic mass is 10.2. The van der Waals surface area contributed by atoms with Crippen LogP contribution in [0.1, 0.15) is 11.4 Å². The van der Waals surface area contributed by atoms with Crippen molar-refractivity contribution in [2.75, 3.05) is 7.11 Å². The Balaban J connectivity index is 2.55. The number of aromatic hydroxyl groups is 1. The molecule has 1 heterocycles. The zero-order valence-corrected chi connectivity index (χ0v) is 12.6. The summed E-state index contributed by atoms with van der Waals surface area (Å²) in [5.41, 5.74) is -0.685. The molecule has 0 spiro atoms. The van der Waals surface area contributed by atoms with E-state index in [1.807, 2.05) is 5.10 Å². The van der Waals surface area contributed by atoms with E-state index in [9.17, 15) is 28.4 Å². The number of hydrogen-bond acceptors (Lipinski definition) is 7. The quantitative estimate of drug-likeness (QED) is 0.373. The first-order chi connectivity index (χ1) is 11.1. The molecule has 0 aliphatic heterocycles. The number of benzene rings is 1. The summed E-state index contributed by atoms with van der Waals surface area (Å²) in [6, 6.07) is 1.87. The Morgan fingerprint density at radius 1 is 1.54 bits per heavy atom. The number of alkyl halides is 3. The van der Waals surface area contributed by atoms with Gasteiger partial charge in [0.15, 0.2) is 11.5 Å². The van der Waals surface area contributed by atoms with E-state index >= 15 is 0 Å². The molecule has 1 aromatic carbocycles. The van der Waals surface area contributed by atoms with Gasteiger partial charge in [0.2, 0.25) is 4.77 Å². The highest BCUT2D eigenvalue weighted by Crippen LogP contribution is 2.33. The molecule has 128 valence electrons. The number of aromatic amines is 1. The first kappa shape index (κ1) is 17.4. The van der Waals surface area contributed by atoms with Gasteiger partial charge in [0, 0.05) is 11.6 Å². The molecule has 13 heteroatoms. The molecule has 24 heavy (non-hydrogen) atoms. The second-order valence-corrected chi connectivity index (χ2v) is 4.64. The van der Waals surface area contributed by atoms with Crippen LogP contribution in [0.4, 0.5) is 18.9 Å². The molecule has 0 unspecified atom stereocenters. The topological polar surface area (TPSA) is 119 Å². The second-order valence-electron chi connectivity index (χ2n) is 4.25. The summed E-state index contributed by atoms with van der Waals surface area (Å²) in [6.45, 7) is 0. The van der Waals surface area contributed by atoms with Crippen molar-refractivity contribution in [2.24, 2.45) is 5.10 Å². The Morgan fingerprint density at radius 2 is 2.21 bits per heavy atom. The van der Waals surface area contributed by atoms with E-state index in [0.29, 0.717) is 0 Å². The summed E-state index contributed by atoms with van der Waals surface area (Å²) in [5.74, 6) is -2.19. The first-order valence-electron chi connectivity index (χ1n) is 5.99. The maximum absolute atomic E-state index is 12.8. The Bertz CT molecular complexity index is 874. The van der Waals surface area contributed by atoms with Gasteiger partial charge in [-0.05, 0) is 12.2 Å². The van der Waals surface area contributed by atoms with E-state index in [4.69, 9.17) is 4.74 Å². The predicted molar refractivity (Wildman–Crippen MR) is 76.7 cm³/mol. The molecule has 9 nitrogen and oxygen atoms in total. The van der Waals surface area contributed by atoms with Gasteiger partial charge in [-0.25, -0.2) is 5.10 Å². The molecule has 0 saturated heterocycles. The number of hydrogen-bond donors (Lipinski definition) is 2. The summed E-state index contributed by atoms with van der Waals surface area (Å²) in [5, 5.41) is 29.2. The molecule has 0 bridgehead atoms. The number of nitro groups is 1. The highest BCUT2D eigenvalue weighted by atomic mass is 32.1. The van der Waals surface area contributed by atoms with E-state index in [1.54, 1.807) is 0 Å². The van der Waals surface area contributed by atoms with E-state index < -0.39 is 33.1 Å². The minimum Gasteiger partial charge on any atom is -0.504 e. The maximum atomic E-state index is 12.8. The van der Waals surface area contributed by atoms with Gasteiger partial charge < -0.3 is 9.84 Å². The van der Waals surface area contributed by atoms with Gasteiger partial charge in [-0.15, -0.1) is 5.10 Å². The summed E-state index contributed by atoms with van der Waals surface area (Å²) in [7, 11) is 1.16. The highest BCUT2D eigenvalue weighted by Gasteiger charge is 2.37. The van der Waals surface area contributed by atoms with Crippen molar-refractivity contribution in [3.63, 3.8) is 0 Å². The number of nitro benzene ring substituents is 1. The minimum absolute atomic E-state index is 0.238. The molecule has 0 aliphatic carbocycles. The minimum atomic E-state index is -4.83. The van der Waals surface area contributed by atoms with Gasteiger partial charge in [0.25, 0.3) is 11.5 Å².